The van der Waals surface area contributed by atoms with Crippen molar-refractivity contribution in [2.24, 2.45) is 11.8 Å². The highest BCUT2D eigenvalue weighted by atomic mass is 32.1. The summed E-state index contributed by atoms with van der Waals surface area (Å²) in [6, 6.07) is 10.2. The topological polar surface area (TPSA) is 75.9 Å². The summed E-state index contributed by atoms with van der Waals surface area (Å²) in [5.74, 6) is 1.44. The molecule has 2 fully saturated rings. The number of carbonyl (C=O) groups is 2. The van der Waals surface area contributed by atoms with Crippen LogP contribution in [0, 0.1) is 25.7 Å². The van der Waals surface area contributed by atoms with Gasteiger partial charge in [-0.3, -0.25) is 9.20 Å². The van der Waals surface area contributed by atoms with E-state index in [-0.39, 0.29) is 11.9 Å². The second-order valence-electron chi connectivity index (χ2n) is 9.05. The van der Waals surface area contributed by atoms with Crippen molar-refractivity contribution >= 4 is 39.6 Å². The highest BCUT2D eigenvalue weighted by molar-refractivity contribution is 7.15. The van der Waals surface area contributed by atoms with Crippen molar-refractivity contribution in [3.8, 4) is 17.0 Å². The van der Waals surface area contributed by atoms with Crippen LogP contribution < -0.4 is 10.1 Å². The maximum Gasteiger partial charge on any atom is 0.414 e. The Morgan fingerprint density at radius 3 is 2.94 bits per heavy atom. The minimum atomic E-state index is -0.524. The van der Waals surface area contributed by atoms with Crippen LogP contribution in [0.3, 0.4) is 0 Å². The molecule has 7 nitrogen and oxygen atoms in total. The zero-order chi connectivity index (χ0) is 23.4. The molecule has 1 aromatic carbocycles. The molecule has 1 saturated carbocycles. The van der Waals surface area contributed by atoms with E-state index in [0.29, 0.717) is 30.0 Å². The summed E-state index contributed by atoms with van der Waals surface area (Å²) in [7, 11) is 0. The Labute approximate surface area is 205 Å². The number of fused-ring (bicyclic) bond motifs is 2. The van der Waals surface area contributed by atoms with Gasteiger partial charge >= 0.3 is 6.09 Å². The third-order valence-corrected chi connectivity index (χ3v) is 8.44. The summed E-state index contributed by atoms with van der Waals surface area (Å²) in [5, 5.41) is 6.78. The van der Waals surface area contributed by atoms with Crippen LogP contribution in [0.15, 0.2) is 47.3 Å². The van der Waals surface area contributed by atoms with E-state index in [1.165, 1.54) is 28.2 Å². The molecule has 4 aromatic rings. The number of amides is 2. The highest BCUT2D eigenvalue weighted by Gasteiger charge is 2.54. The lowest BCUT2D eigenvalue weighted by atomic mass is 10.0. The van der Waals surface area contributed by atoms with Gasteiger partial charge in [-0.2, -0.15) is 0 Å². The molecular weight excluding hydrogens is 468 g/mol. The van der Waals surface area contributed by atoms with E-state index in [0.717, 1.165) is 33.9 Å². The van der Waals surface area contributed by atoms with E-state index in [1.54, 1.807) is 4.40 Å². The maximum absolute atomic E-state index is 13.6. The fourth-order valence-corrected chi connectivity index (χ4v) is 6.64. The summed E-state index contributed by atoms with van der Waals surface area (Å²) >= 11 is 2.97. The first-order valence-corrected chi connectivity index (χ1v) is 13.1. The van der Waals surface area contributed by atoms with Crippen molar-refractivity contribution in [1.29, 1.82) is 0 Å². The maximum atomic E-state index is 13.6. The average molecular weight is 493 g/mol. The van der Waals surface area contributed by atoms with Crippen molar-refractivity contribution in [1.82, 2.24) is 19.6 Å². The highest BCUT2D eigenvalue weighted by Crippen LogP contribution is 2.50. The number of thiophene rings is 1. The van der Waals surface area contributed by atoms with Crippen molar-refractivity contribution in [2.75, 3.05) is 13.1 Å². The van der Waals surface area contributed by atoms with Gasteiger partial charge in [0.2, 0.25) is 5.88 Å². The molecule has 1 aliphatic heterocycles. The number of aryl methyl sites for hydroxylation is 2. The van der Waals surface area contributed by atoms with Gasteiger partial charge in [0.25, 0.3) is 5.91 Å². The lowest BCUT2D eigenvalue weighted by Gasteiger charge is -2.27. The van der Waals surface area contributed by atoms with Gasteiger partial charge in [0.05, 0.1) is 10.9 Å². The molecule has 2 amide bonds. The van der Waals surface area contributed by atoms with Crippen LogP contribution in [0.4, 0.5) is 4.79 Å². The molecule has 1 aliphatic carbocycles. The lowest BCUT2D eigenvalue weighted by molar-refractivity contribution is 0.0710. The smallest absolute Gasteiger partial charge is 0.391 e. The van der Waals surface area contributed by atoms with E-state index in [9.17, 15) is 9.59 Å². The summed E-state index contributed by atoms with van der Waals surface area (Å²) in [5.41, 5.74) is 3.87. The van der Waals surface area contributed by atoms with Crippen LogP contribution in [-0.4, -0.2) is 45.4 Å². The summed E-state index contributed by atoms with van der Waals surface area (Å²) in [6.45, 7) is 5.00. The molecular formula is C25H24N4O3S2. The van der Waals surface area contributed by atoms with Gasteiger partial charge in [0, 0.05) is 30.2 Å². The zero-order valence-corrected chi connectivity index (χ0v) is 20.5. The van der Waals surface area contributed by atoms with Crippen molar-refractivity contribution in [3.63, 3.8) is 0 Å². The van der Waals surface area contributed by atoms with Gasteiger partial charge in [-0.05, 0) is 49.1 Å². The second-order valence-corrected chi connectivity index (χ2v) is 10.8. The molecule has 3 atom stereocenters. The Balaban J connectivity index is 1.16. The number of ether oxygens (including phenoxy) is 1. The van der Waals surface area contributed by atoms with Gasteiger partial charge in [-0.1, -0.05) is 29.8 Å². The van der Waals surface area contributed by atoms with Crippen LogP contribution in [0.5, 0.6) is 5.88 Å². The number of nitrogens with one attached hydrogen (secondary N) is 1. The Kier molecular flexibility index (Phi) is 5.18. The van der Waals surface area contributed by atoms with Crippen molar-refractivity contribution in [2.45, 2.75) is 26.3 Å². The quantitative estimate of drug-likeness (QED) is 0.426. The Morgan fingerprint density at radius 1 is 1.21 bits per heavy atom. The van der Waals surface area contributed by atoms with E-state index in [2.05, 4.69) is 29.4 Å². The van der Waals surface area contributed by atoms with E-state index in [4.69, 9.17) is 4.74 Å². The molecule has 34 heavy (non-hydrogen) atoms. The Morgan fingerprint density at radius 2 is 2.09 bits per heavy atom. The third-order valence-electron chi connectivity index (χ3n) is 6.78. The van der Waals surface area contributed by atoms with Crippen LogP contribution in [-0.2, 0) is 0 Å². The van der Waals surface area contributed by atoms with E-state index < -0.39 is 6.09 Å². The predicted octanol–water partition coefficient (Wildman–Crippen LogP) is 4.99. The first kappa shape index (κ1) is 21.4. The average Bonchev–Trinajstić information content (AvgIpc) is 3.22. The number of piperidine rings is 1. The number of aromatic nitrogens is 2. The molecule has 6 rings (SSSR count). The molecule has 0 unspecified atom stereocenters. The van der Waals surface area contributed by atoms with Crippen LogP contribution >= 0.6 is 22.7 Å². The number of hydrogen-bond donors (Lipinski definition) is 1. The fraction of sp³-hybridized carbons (Fsp3) is 0.320. The standard InChI is InChI=1S/C25H24N4O3S2/c1-14-4-3-5-16(10-14)18-6-8-33-21(18)22(30)29-13-17-11-19(17)20(29)12-26-25(31)32-23-15(2)27-24-28(23)7-9-34-24/h3-10,17,19-20H,11-13H2,1-2H3,(H,26,31)/t17-,19-,20+/m0/s1. The minimum absolute atomic E-state index is 0.0230. The van der Waals surface area contributed by atoms with Crippen LogP contribution in [0.25, 0.3) is 16.1 Å². The normalized spacial score (nSPS) is 21.0. The fourth-order valence-electron chi connectivity index (χ4n) is 5.02. The summed E-state index contributed by atoms with van der Waals surface area (Å²) < 4.78 is 7.35. The van der Waals surface area contributed by atoms with Crippen LogP contribution in [0.2, 0.25) is 0 Å². The van der Waals surface area contributed by atoms with Crippen LogP contribution in [0.1, 0.15) is 27.3 Å². The Hall–Kier alpha value is -3.17. The molecule has 1 N–H and O–H groups in total. The molecule has 0 spiro atoms. The second kappa shape index (κ2) is 8.25. The predicted molar refractivity (Wildman–Crippen MR) is 133 cm³/mol. The number of thiazole rings is 1. The van der Waals surface area contributed by atoms with Gasteiger partial charge in [0.15, 0.2) is 4.96 Å². The summed E-state index contributed by atoms with van der Waals surface area (Å²) in [6.07, 6.45) is 2.42. The van der Waals surface area contributed by atoms with Gasteiger partial charge in [0.1, 0.15) is 5.69 Å². The lowest BCUT2D eigenvalue weighted by Crippen LogP contribution is -2.46. The number of rotatable bonds is 5. The number of imidazole rings is 1. The van der Waals surface area contributed by atoms with E-state index in [1.807, 2.05) is 47.0 Å². The number of hydrogen-bond acceptors (Lipinski definition) is 6. The van der Waals surface area contributed by atoms with Gasteiger partial charge in [-0.15, -0.1) is 22.7 Å². The molecule has 2 aliphatic rings. The molecule has 1 saturated heterocycles. The van der Waals surface area contributed by atoms with Crippen molar-refractivity contribution in [3.05, 3.63) is 63.4 Å². The SMILES string of the molecule is Cc1cccc(-c2ccsc2C(=O)N2C[C@@H]3C[C@@H]3[C@H]2CNC(=O)Oc2c(C)nc3sccn23)c1. The molecule has 174 valence electrons. The first-order valence-electron chi connectivity index (χ1n) is 11.3. The van der Waals surface area contributed by atoms with Gasteiger partial charge < -0.3 is 15.0 Å². The van der Waals surface area contributed by atoms with E-state index >= 15 is 0 Å². The number of benzene rings is 1. The van der Waals surface area contributed by atoms with Gasteiger partial charge in [-0.25, -0.2) is 9.78 Å². The number of likely N-dealkylation sites (tertiary alicyclic amines) is 1. The summed E-state index contributed by atoms with van der Waals surface area (Å²) in [4.78, 5) is 34.1. The van der Waals surface area contributed by atoms with Crippen molar-refractivity contribution < 1.29 is 14.3 Å². The number of carbonyl (C=O) groups excluding carboxylic acids is 2. The molecule has 0 bridgehead atoms. The largest absolute Gasteiger partial charge is 0.414 e. The molecule has 4 heterocycles. The monoisotopic (exact) mass is 492 g/mol. The Bertz CT molecular complexity index is 1400. The first-order chi connectivity index (χ1) is 16.5. The molecule has 9 heteroatoms. The molecule has 3 aromatic heterocycles. The minimum Gasteiger partial charge on any atom is -0.391 e. The zero-order valence-electron chi connectivity index (χ0n) is 18.9. The molecule has 0 radical (unpaired) electrons. The number of nitrogens with zero attached hydrogens (tertiary/aromatic N) is 3. The third kappa shape index (κ3) is 3.69.